The summed E-state index contributed by atoms with van der Waals surface area (Å²) in [4.78, 5) is 18.3. The van der Waals surface area contributed by atoms with Crippen LogP contribution in [0, 0.1) is 0 Å². The van der Waals surface area contributed by atoms with Crippen molar-refractivity contribution in [3.63, 3.8) is 0 Å². The maximum Gasteiger partial charge on any atom is 0.274 e. The summed E-state index contributed by atoms with van der Waals surface area (Å²) in [6, 6.07) is 5.92. The fourth-order valence-corrected chi connectivity index (χ4v) is 4.24. The monoisotopic (exact) mass is 340 g/mol. The summed E-state index contributed by atoms with van der Waals surface area (Å²) in [5.74, 6) is 0.0384. The van der Waals surface area contributed by atoms with Crippen LogP contribution in [0.3, 0.4) is 0 Å². The Morgan fingerprint density at radius 2 is 2.08 bits per heavy atom. The summed E-state index contributed by atoms with van der Waals surface area (Å²) < 4.78 is 0. The SMILES string of the molecule is O=C(c1n[nH]c2c1CCC2)N1CCc2[nH]c3c(Cl)cccc3c2C1. The molecule has 2 N–H and O–H groups in total. The molecular weight excluding hydrogens is 324 g/mol. The molecule has 3 heterocycles. The Kier molecular flexibility index (Phi) is 3.00. The molecule has 2 aromatic heterocycles. The minimum atomic E-state index is 0.0384. The van der Waals surface area contributed by atoms with E-state index in [1.165, 1.54) is 11.3 Å². The van der Waals surface area contributed by atoms with E-state index in [1.807, 2.05) is 17.0 Å². The van der Waals surface area contributed by atoms with Crippen LogP contribution in [0.1, 0.15) is 39.4 Å². The molecule has 0 saturated carbocycles. The molecule has 1 amide bonds. The van der Waals surface area contributed by atoms with E-state index in [0.29, 0.717) is 18.8 Å². The number of aromatic amines is 2. The summed E-state index contributed by atoms with van der Waals surface area (Å²) in [5, 5.41) is 9.16. The molecule has 0 unspecified atom stereocenters. The van der Waals surface area contributed by atoms with Gasteiger partial charge in [-0.2, -0.15) is 5.10 Å². The first-order valence-electron chi connectivity index (χ1n) is 8.35. The van der Waals surface area contributed by atoms with Gasteiger partial charge in [-0.25, -0.2) is 0 Å². The quantitative estimate of drug-likeness (QED) is 0.714. The predicted molar refractivity (Wildman–Crippen MR) is 92.4 cm³/mol. The maximum absolute atomic E-state index is 13.0. The first-order chi connectivity index (χ1) is 11.7. The van der Waals surface area contributed by atoms with Crippen molar-refractivity contribution in [3.05, 3.63) is 51.4 Å². The minimum absolute atomic E-state index is 0.0384. The number of halogens is 1. The van der Waals surface area contributed by atoms with Gasteiger partial charge in [0.25, 0.3) is 5.91 Å². The van der Waals surface area contributed by atoms with Crippen molar-refractivity contribution in [1.82, 2.24) is 20.1 Å². The van der Waals surface area contributed by atoms with Gasteiger partial charge in [-0.1, -0.05) is 23.7 Å². The minimum Gasteiger partial charge on any atom is -0.357 e. The zero-order valence-corrected chi connectivity index (χ0v) is 13.9. The Morgan fingerprint density at radius 1 is 1.17 bits per heavy atom. The number of carbonyl (C=O) groups is 1. The van der Waals surface area contributed by atoms with E-state index in [0.717, 1.165) is 52.9 Å². The lowest BCUT2D eigenvalue weighted by atomic mass is 10.0. The maximum atomic E-state index is 13.0. The second kappa shape index (κ2) is 5.11. The van der Waals surface area contributed by atoms with Gasteiger partial charge < -0.3 is 9.88 Å². The summed E-state index contributed by atoms with van der Waals surface area (Å²) in [5.41, 5.74) is 6.21. The summed E-state index contributed by atoms with van der Waals surface area (Å²) >= 11 is 6.29. The van der Waals surface area contributed by atoms with Gasteiger partial charge in [-0.05, 0) is 25.3 Å². The lowest BCUT2D eigenvalue weighted by molar-refractivity contribution is 0.0728. The molecule has 1 aliphatic carbocycles. The van der Waals surface area contributed by atoms with E-state index in [4.69, 9.17) is 11.6 Å². The number of benzene rings is 1. The van der Waals surface area contributed by atoms with E-state index in [9.17, 15) is 4.79 Å². The zero-order valence-electron chi connectivity index (χ0n) is 13.2. The molecule has 0 atom stereocenters. The number of H-pyrrole nitrogens is 2. The highest BCUT2D eigenvalue weighted by atomic mass is 35.5. The highest BCUT2D eigenvalue weighted by Gasteiger charge is 2.30. The Bertz CT molecular complexity index is 971. The number of carbonyl (C=O) groups excluding carboxylic acids is 1. The first-order valence-corrected chi connectivity index (χ1v) is 8.73. The van der Waals surface area contributed by atoms with Crippen molar-refractivity contribution in [2.45, 2.75) is 32.2 Å². The van der Waals surface area contributed by atoms with Gasteiger partial charge in [0.15, 0.2) is 5.69 Å². The molecule has 2 aliphatic rings. The van der Waals surface area contributed by atoms with Crippen LogP contribution in [0.4, 0.5) is 0 Å². The Hall–Kier alpha value is -2.27. The number of para-hydroxylation sites is 1. The van der Waals surface area contributed by atoms with Gasteiger partial charge in [0.2, 0.25) is 0 Å². The third-order valence-electron chi connectivity index (χ3n) is 5.26. The average molecular weight is 341 g/mol. The van der Waals surface area contributed by atoms with Crippen molar-refractivity contribution in [2.24, 2.45) is 0 Å². The number of amides is 1. The highest BCUT2D eigenvalue weighted by Crippen LogP contribution is 2.32. The fraction of sp³-hybridized carbons (Fsp3) is 0.333. The van der Waals surface area contributed by atoms with Crippen molar-refractivity contribution in [3.8, 4) is 0 Å². The number of rotatable bonds is 1. The topological polar surface area (TPSA) is 64.8 Å². The van der Waals surface area contributed by atoms with Crippen LogP contribution in [-0.2, 0) is 25.8 Å². The number of fused-ring (bicyclic) bond motifs is 4. The molecule has 5 rings (SSSR count). The van der Waals surface area contributed by atoms with E-state index < -0.39 is 0 Å². The Balaban J connectivity index is 1.51. The summed E-state index contributed by atoms with van der Waals surface area (Å²) in [6.07, 6.45) is 3.88. The van der Waals surface area contributed by atoms with Crippen molar-refractivity contribution in [2.75, 3.05) is 6.54 Å². The number of nitrogens with one attached hydrogen (secondary N) is 2. The third-order valence-corrected chi connectivity index (χ3v) is 5.57. The van der Waals surface area contributed by atoms with Gasteiger partial charge in [-0.15, -0.1) is 0 Å². The fourth-order valence-electron chi connectivity index (χ4n) is 4.02. The molecule has 1 aromatic carbocycles. The third kappa shape index (κ3) is 1.94. The normalized spacial score (nSPS) is 16.5. The number of aromatic nitrogens is 3. The van der Waals surface area contributed by atoms with Crippen molar-refractivity contribution < 1.29 is 4.79 Å². The Morgan fingerprint density at radius 3 is 3.00 bits per heavy atom. The van der Waals surface area contributed by atoms with Crippen LogP contribution in [0.5, 0.6) is 0 Å². The lowest BCUT2D eigenvalue weighted by Crippen LogP contribution is -2.36. The number of aryl methyl sites for hydroxylation is 1. The molecule has 1 aliphatic heterocycles. The standard InChI is InChI=1S/C18H17ClN4O/c19-13-5-1-3-10-12-9-23(8-7-14(12)20-16(10)13)18(24)17-11-4-2-6-15(11)21-22-17/h1,3,5,20H,2,4,6-9H2,(H,21,22). The first kappa shape index (κ1) is 14.1. The van der Waals surface area contributed by atoms with Crippen molar-refractivity contribution >= 4 is 28.4 Å². The van der Waals surface area contributed by atoms with E-state index in [2.05, 4.69) is 21.2 Å². The van der Waals surface area contributed by atoms with Crippen LogP contribution in [0.15, 0.2) is 18.2 Å². The number of hydrogen-bond donors (Lipinski definition) is 2. The van der Waals surface area contributed by atoms with Crippen molar-refractivity contribution in [1.29, 1.82) is 0 Å². The zero-order chi connectivity index (χ0) is 16.3. The molecule has 0 spiro atoms. The number of hydrogen-bond acceptors (Lipinski definition) is 2. The summed E-state index contributed by atoms with van der Waals surface area (Å²) in [7, 11) is 0. The molecule has 0 fully saturated rings. The van der Waals surface area contributed by atoms with Crippen LogP contribution in [-0.4, -0.2) is 32.5 Å². The van der Waals surface area contributed by atoms with Gasteiger partial charge >= 0.3 is 0 Å². The van der Waals surface area contributed by atoms with E-state index in [1.54, 1.807) is 0 Å². The Labute approximate surface area is 144 Å². The number of nitrogens with zero attached hydrogens (tertiary/aromatic N) is 2. The molecule has 3 aromatic rings. The second-order valence-corrected chi connectivity index (χ2v) is 7.01. The van der Waals surface area contributed by atoms with Crippen LogP contribution in [0.2, 0.25) is 5.02 Å². The van der Waals surface area contributed by atoms with Gasteiger partial charge in [0, 0.05) is 47.4 Å². The highest BCUT2D eigenvalue weighted by molar-refractivity contribution is 6.35. The molecule has 0 radical (unpaired) electrons. The smallest absolute Gasteiger partial charge is 0.274 e. The predicted octanol–water partition coefficient (Wildman–Crippen LogP) is 3.23. The van der Waals surface area contributed by atoms with Gasteiger partial charge in [-0.3, -0.25) is 9.89 Å². The summed E-state index contributed by atoms with van der Waals surface area (Å²) in [6.45, 7) is 1.31. The molecular formula is C18H17ClN4O. The van der Waals surface area contributed by atoms with Crippen LogP contribution in [0.25, 0.3) is 10.9 Å². The van der Waals surface area contributed by atoms with Crippen LogP contribution < -0.4 is 0 Å². The molecule has 0 saturated heterocycles. The molecule has 122 valence electrons. The van der Waals surface area contributed by atoms with E-state index in [-0.39, 0.29) is 5.91 Å². The van der Waals surface area contributed by atoms with Gasteiger partial charge in [0.1, 0.15) is 0 Å². The van der Waals surface area contributed by atoms with Crippen LogP contribution >= 0.6 is 11.6 Å². The second-order valence-electron chi connectivity index (χ2n) is 6.60. The average Bonchev–Trinajstić information content (AvgIpc) is 3.28. The molecule has 24 heavy (non-hydrogen) atoms. The van der Waals surface area contributed by atoms with E-state index >= 15 is 0 Å². The van der Waals surface area contributed by atoms with Gasteiger partial charge in [0.05, 0.1) is 10.5 Å². The molecule has 5 nitrogen and oxygen atoms in total. The largest absolute Gasteiger partial charge is 0.357 e. The lowest BCUT2D eigenvalue weighted by Gasteiger charge is -2.27. The molecule has 6 heteroatoms. The molecule has 0 bridgehead atoms.